The van der Waals surface area contributed by atoms with Gasteiger partial charge in [-0.2, -0.15) is 0 Å². The Hall–Kier alpha value is -0.770. The van der Waals surface area contributed by atoms with Gasteiger partial charge < -0.3 is 4.62 Å². The first-order valence-electron chi connectivity index (χ1n) is 1.32. The number of rotatable bonds is 2. The van der Waals surface area contributed by atoms with Crippen LogP contribution in [0, 0.1) is 0 Å². The highest BCUT2D eigenvalue weighted by Crippen LogP contribution is 2.43. The highest BCUT2D eigenvalue weighted by molar-refractivity contribution is 7.46. The zero-order chi connectivity index (χ0) is 6.62. The maximum atomic E-state index is 11.2. The van der Waals surface area contributed by atoms with Crippen molar-refractivity contribution in [3.63, 3.8) is 0 Å². The molecule has 8 heavy (non-hydrogen) atoms. The highest BCUT2D eigenvalue weighted by atomic mass is 31.2. The van der Waals surface area contributed by atoms with Crippen molar-refractivity contribution in [3.05, 3.63) is 10.4 Å². The van der Waals surface area contributed by atoms with Crippen molar-refractivity contribution in [3.8, 4) is 0 Å². The van der Waals surface area contributed by atoms with E-state index in [9.17, 15) is 8.76 Å². The molecule has 0 aromatic carbocycles. The maximum absolute atomic E-state index is 11.2. The molecule has 0 saturated carbocycles. The van der Waals surface area contributed by atoms with E-state index in [0.29, 0.717) is 0 Å². The molecule has 0 aliphatic carbocycles. The zero-order valence-corrected chi connectivity index (χ0v) is 4.32. The minimum atomic E-state index is -5.10. The number of nitrogens with zero attached hydrogens (tertiary/aromatic N) is 3. The summed E-state index contributed by atoms with van der Waals surface area (Å²) in [5.74, 6) is 0. The van der Waals surface area contributed by atoms with Gasteiger partial charge in [-0.05, 0) is 5.53 Å². The van der Waals surface area contributed by atoms with Crippen LogP contribution in [-0.2, 0) is 9.19 Å². The summed E-state index contributed by atoms with van der Waals surface area (Å²) in [5, 5.41) is 2.04. The molecular formula is HFN3O3P. The number of hydrogen-bond acceptors (Lipinski definition) is 3. The Bertz CT molecular complexity index is 154. The van der Waals surface area contributed by atoms with E-state index in [4.69, 9.17) is 10.4 Å². The Morgan fingerprint density at radius 3 is 2.62 bits per heavy atom. The van der Waals surface area contributed by atoms with Crippen LogP contribution in [0.15, 0.2) is 5.28 Å². The first-order chi connectivity index (χ1) is 3.56. The van der Waals surface area contributed by atoms with Crippen molar-refractivity contribution in [1.82, 2.24) is 0 Å². The second-order valence-electron chi connectivity index (χ2n) is 0.704. The summed E-state index contributed by atoms with van der Waals surface area (Å²) in [5.41, 5.74) is 7.36. The molecule has 0 heterocycles. The van der Waals surface area contributed by atoms with Gasteiger partial charge in [0, 0.05) is 4.91 Å². The molecule has 0 amide bonds. The van der Waals surface area contributed by atoms with Gasteiger partial charge in [-0.15, -0.1) is 4.20 Å². The third-order valence-electron chi connectivity index (χ3n) is 0.174. The van der Waals surface area contributed by atoms with E-state index in [-0.39, 0.29) is 0 Å². The minimum absolute atomic E-state index is 1.85. The van der Waals surface area contributed by atoms with E-state index in [1.54, 1.807) is 0 Å². The summed E-state index contributed by atoms with van der Waals surface area (Å²) in [7, 11) is -5.10. The van der Waals surface area contributed by atoms with E-state index in [1.165, 1.54) is 0 Å². The Balaban J connectivity index is 3.74. The van der Waals surface area contributed by atoms with E-state index in [1.807, 2.05) is 10.2 Å². The molecule has 1 N–H and O–H groups in total. The lowest BCUT2D eigenvalue weighted by atomic mass is 12.9. The van der Waals surface area contributed by atoms with Crippen molar-refractivity contribution in [2.45, 2.75) is 0 Å². The van der Waals surface area contributed by atoms with Gasteiger partial charge in [-0.25, -0.2) is 4.57 Å². The van der Waals surface area contributed by atoms with Gasteiger partial charge in [-0.1, -0.05) is 0 Å². The SMILES string of the molecule is [N-]=[N+]=NOP(=O)(O)F. The molecule has 0 spiro atoms. The van der Waals surface area contributed by atoms with E-state index < -0.39 is 7.91 Å². The molecule has 0 bridgehead atoms. The normalized spacial score (nSPS) is 15.8. The molecular weight excluding hydrogens is 140 g/mol. The lowest BCUT2D eigenvalue weighted by Crippen LogP contribution is -1.68. The van der Waals surface area contributed by atoms with Gasteiger partial charge in [0.05, 0.1) is 0 Å². The fraction of sp³-hybridized carbons (Fsp3) is 0. The molecule has 0 rings (SSSR count). The van der Waals surface area contributed by atoms with Gasteiger partial charge >= 0.3 is 7.91 Å². The lowest BCUT2D eigenvalue weighted by Gasteiger charge is -1.90. The van der Waals surface area contributed by atoms with Gasteiger partial charge in [0.15, 0.2) is 0 Å². The Morgan fingerprint density at radius 1 is 2.00 bits per heavy atom. The van der Waals surface area contributed by atoms with Crippen LogP contribution in [0.5, 0.6) is 0 Å². The summed E-state index contributed by atoms with van der Waals surface area (Å²) in [4.78, 5) is 9.40. The van der Waals surface area contributed by atoms with Gasteiger partial charge in [0.2, 0.25) is 0 Å². The minimum Gasteiger partial charge on any atom is -0.333 e. The van der Waals surface area contributed by atoms with Crippen molar-refractivity contribution in [2.24, 2.45) is 5.28 Å². The predicted octanol–water partition coefficient (Wildman–Crippen LogP) is 1.30. The Kier molecular flexibility index (Phi) is 2.27. The standard InChI is InChI=1S/FHN3O3P/c1-8(5,6)7-4-3-2/h(H,5,6). The Morgan fingerprint density at radius 2 is 2.50 bits per heavy atom. The highest BCUT2D eigenvalue weighted by Gasteiger charge is 2.16. The smallest absolute Gasteiger partial charge is 0.333 e. The monoisotopic (exact) mass is 141 g/mol. The van der Waals surface area contributed by atoms with Crippen LogP contribution in [0.1, 0.15) is 0 Å². The molecule has 8 heteroatoms. The lowest BCUT2D eigenvalue weighted by molar-refractivity contribution is 0.232. The summed E-state index contributed by atoms with van der Waals surface area (Å²) < 4.78 is 23.6. The zero-order valence-electron chi connectivity index (χ0n) is 3.43. The van der Waals surface area contributed by atoms with E-state index in [0.717, 1.165) is 0 Å². The van der Waals surface area contributed by atoms with Gasteiger partial charge in [-0.3, -0.25) is 4.89 Å². The van der Waals surface area contributed by atoms with E-state index >= 15 is 0 Å². The average Bonchev–Trinajstić information content (AvgIpc) is 1.59. The fourth-order valence-corrected chi connectivity index (χ4v) is 0.184. The number of halogens is 1. The fourth-order valence-electron chi connectivity index (χ4n) is 0.0614. The van der Waals surface area contributed by atoms with Crippen molar-refractivity contribution >= 4 is 7.91 Å². The molecule has 46 valence electrons. The quantitative estimate of drug-likeness (QED) is 0.206. The second kappa shape index (κ2) is 2.52. The largest absolute Gasteiger partial charge is 0.573 e. The number of azide groups is 1. The molecule has 0 aromatic rings. The van der Waals surface area contributed by atoms with Gasteiger partial charge in [0.1, 0.15) is 5.28 Å². The van der Waals surface area contributed by atoms with Crippen LogP contribution in [-0.4, -0.2) is 4.89 Å². The molecule has 1 atom stereocenters. The molecule has 0 fully saturated rings. The summed E-state index contributed by atoms with van der Waals surface area (Å²) in [6.07, 6.45) is 0. The van der Waals surface area contributed by atoms with Crippen LogP contribution in [0.4, 0.5) is 4.20 Å². The van der Waals surface area contributed by atoms with Crippen LogP contribution in [0.3, 0.4) is 0 Å². The molecule has 6 nitrogen and oxygen atoms in total. The topological polar surface area (TPSA) is 95.3 Å². The summed E-state index contributed by atoms with van der Waals surface area (Å²) >= 11 is 0. The molecule has 0 aliphatic heterocycles. The summed E-state index contributed by atoms with van der Waals surface area (Å²) in [6, 6.07) is 0. The number of hydrogen-bond donors (Lipinski definition) is 1. The van der Waals surface area contributed by atoms with Crippen molar-refractivity contribution in [2.75, 3.05) is 0 Å². The second-order valence-corrected chi connectivity index (χ2v) is 1.77. The summed E-state index contributed by atoms with van der Waals surface area (Å²) in [6.45, 7) is 0. The van der Waals surface area contributed by atoms with Crippen LogP contribution in [0.2, 0.25) is 0 Å². The molecule has 0 aromatic heterocycles. The Labute approximate surface area is 43.1 Å². The van der Waals surface area contributed by atoms with Crippen LogP contribution in [0.25, 0.3) is 10.4 Å². The van der Waals surface area contributed by atoms with Crippen molar-refractivity contribution < 1.29 is 18.3 Å². The third kappa shape index (κ3) is 5.23. The molecule has 0 saturated heterocycles. The molecule has 0 aliphatic rings. The first-order valence-corrected chi connectivity index (χ1v) is 2.79. The average molecular weight is 141 g/mol. The maximum Gasteiger partial charge on any atom is 0.573 e. The van der Waals surface area contributed by atoms with Crippen LogP contribution < -0.4 is 0 Å². The molecule has 0 radical (unpaired) electrons. The molecule has 1 unspecified atom stereocenters. The third-order valence-corrected chi connectivity index (χ3v) is 0.448. The van der Waals surface area contributed by atoms with Gasteiger partial charge in [0.25, 0.3) is 0 Å². The predicted molar refractivity (Wildman–Crippen MR) is 21.2 cm³/mol. The van der Waals surface area contributed by atoms with Crippen LogP contribution >= 0.6 is 7.91 Å². The van der Waals surface area contributed by atoms with E-state index in [2.05, 4.69) is 4.62 Å². The van der Waals surface area contributed by atoms with Crippen molar-refractivity contribution in [1.29, 1.82) is 0 Å². The first kappa shape index (κ1) is 7.23.